The van der Waals surface area contributed by atoms with E-state index < -0.39 is 106 Å². The molecule has 8 N–H and O–H groups in total. The summed E-state index contributed by atoms with van der Waals surface area (Å²) >= 11 is 0.919. The average molecular weight is 710 g/mol. The van der Waals surface area contributed by atoms with Crippen LogP contribution in [0.2, 0.25) is 0 Å². The number of amides is 7. The number of urea groups is 2. The minimum absolute atomic E-state index is 0.0247. The van der Waals surface area contributed by atoms with E-state index >= 15 is 0 Å². The van der Waals surface area contributed by atoms with E-state index in [1.807, 2.05) is 5.43 Å². The van der Waals surface area contributed by atoms with Gasteiger partial charge >= 0.3 is 28.2 Å². The molecule has 0 aromatic carbocycles. The molecule has 2 aliphatic rings. The van der Waals surface area contributed by atoms with Crippen molar-refractivity contribution in [2.75, 3.05) is 25.4 Å². The second kappa shape index (κ2) is 12.8. The van der Waals surface area contributed by atoms with Crippen LogP contribution < -0.4 is 26.6 Å². The van der Waals surface area contributed by atoms with Crippen LogP contribution in [0.25, 0.3) is 0 Å². The van der Waals surface area contributed by atoms with Crippen LogP contribution in [0, 0.1) is 11.3 Å². The molecule has 0 aliphatic carbocycles. The number of carboxylic acids is 1. The van der Waals surface area contributed by atoms with Crippen molar-refractivity contribution >= 4 is 68.1 Å². The van der Waals surface area contributed by atoms with E-state index in [1.165, 1.54) is 16.2 Å². The number of aromatic amines is 1. The van der Waals surface area contributed by atoms with Crippen molar-refractivity contribution in [3.8, 4) is 11.8 Å². The quantitative estimate of drug-likeness (QED) is 0.0731. The topological polar surface area (TPSA) is 340 Å². The summed E-state index contributed by atoms with van der Waals surface area (Å²) < 4.78 is 27.3. The fourth-order valence-electron chi connectivity index (χ4n) is 3.75. The highest BCUT2D eigenvalue weighted by atomic mass is 32.2. The molecular weight excluding hydrogens is 686 g/mol. The van der Waals surface area contributed by atoms with Crippen LogP contribution in [0.1, 0.15) is 35.7 Å². The number of anilines is 1. The zero-order chi connectivity index (χ0) is 35.7. The predicted octanol–water partition coefficient (Wildman–Crippen LogP) is -3.06. The number of aromatic nitrogens is 2. The number of thiazole rings is 1. The number of H-pyrrole nitrogens is 1. The molecule has 254 valence electrons. The maximum atomic E-state index is 12.9. The van der Waals surface area contributed by atoms with Crippen molar-refractivity contribution in [1.82, 2.24) is 39.6 Å². The van der Waals surface area contributed by atoms with Gasteiger partial charge in [0.15, 0.2) is 22.3 Å². The van der Waals surface area contributed by atoms with Gasteiger partial charge in [0.2, 0.25) is 11.0 Å². The highest BCUT2D eigenvalue weighted by Crippen LogP contribution is 2.18. The number of carbonyl (C=O) groups excluding carboxylic acids is 5. The SMILES string of the molecule is CC(C)(ON=C(C(=O)N[C@H]1CN(C(=O)NS(=O)(=O)N2CCN(NC(=O)c3cc(=O)c(O)c(C#N)[nH]3)C2=O)C1=O)c1csc(N)n1)C(=O)O. The van der Waals surface area contributed by atoms with Gasteiger partial charge < -0.3 is 31.1 Å². The number of nitrogens with two attached hydrogens (primary N) is 1. The van der Waals surface area contributed by atoms with Gasteiger partial charge in [-0.1, -0.05) is 5.16 Å². The number of aromatic hydroxyl groups is 1. The van der Waals surface area contributed by atoms with Gasteiger partial charge in [-0.2, -0.15) is 13.7 Å². The number of aliphatic carboxylic acids is 1. The molecule has 4 heterocycles. The minimum atomic E-state index is -4.95. The first-order valence-corrected chi connectivity index (χ1v) is 15.3. The molecular formula is C23H23N11O12S2. The molecule has 0 unspecified atom stereocenters. The number of nitrogens with zero attached hydrogens (tertiary/aromatic N) is 6. The summed E-state index contributed by atoms with van der Waals surface area (Å²) in [7, 11) is -4.95. The standard InChI is InChI=1S/C23H23N11O12S2/c1-23(2,19(40)41)46-30-14(12-8-47-20(25)28-12)17(38)27-11-7-32(18(11)39)21(42)31-48(44,45)34-4-3-33(22(34)43)29-16(37)9-5-13(35)15(36)10(6-24)26-9/h5,8,11,36H,3-4,7H2,1-2H3,(H2,25,28)(H,26,35)(H,27,38)(H,29,37)(H,31,42)(H,40,41)/t11-/m0/s1. The molecule has 2 fully saturated rings. The third-order valence-corrected chi connectivity index (χ3v) is 8.44. The molecule has 4 rings (SSSR count). The number of hydrazine groups is 1. The number of hydrogen-bond acceptors (Lipinski definition) is 16. The van der Waals surface area contributed by atoms with E-state index in [0.717, 1.165) is 25.2 Å². The number of nitriles is 1. The van der Waals surface area contributed by atoms with Crippen LogP contribution in [0.3, 0.4) is 0 Å². The molecule has 0 spiro atoms. The molecule has 7 amide bonds. The van der Waals surface area contributed by atoms with E-state index in [0.29, 0.717) is 16.0 Å². The fourth-order valence-corrected chi connectivity index (χ4v) is 5.36. The lowest BCUT2D eigenvalue weighted by Gasteiger charge is -2.36. The van der Waals surface area contributed by atoms with Crippen LogP contribution in [0.5, 0.6) is 5.75 Å². The molecule has 2 saturated heterocycles. The van der Waals surface area contributed by atoms with Crippen LogP contribution in [0.15, 0.2) is 21.4 Å². The van der Waals surface area contributed by atoms with Gasteiger partial charge in [-0.3, -0.25) is 29.5 Å². The lowest BCUT2D eigenvalue weighted by molar-refractivity contribution is -0.161. The molecule has 2 aliphatic heterocycles. The number of nitrogen functional groups attached to an aromatic ring is 1. The van der Waals surface area contributed by atoms with Gasteiger partial charge in [-0.25, -0.2) is 33.4 Å². The number of imide groups is 1. The van der Waals surface area contributed by atoms with Crippen LogP contribution in [-0.4, -0.2) is 116 Å². The highest BCUT2D eigenvalue weighted by Gasteiger charge is 2.46. The summed E-state index contributed by atoms with van der Waals surface area (Å²) in [4.78, 5) is 98.0. The largest absolute Gasteiger partial charge is 0.502 e. The number of carbonyl (C=O) groups is 6. The Bertz CT molecular complexity index is 1980. The van der Waals surface area contributed by atoms with Crippen LogP contribution >= 0.6 is 11.3 Å². The van der Waals surface area contributed by atoms with Crippen molar-refractivity contribution < 1.29 is 52.2 Å². The maximum Gasteiger partial charge on any atom is 0.353 e. The van der Waals surface area contributed by atoms with E-state index in [9.17, 15) is 52.2 Å². The van der Waals surface area contributed by atoms with Crippen LogP contribution in [0.4, 0.5) is 14.7 Å². The van der Waals surface area contributed by atoms with Crippen molar-refractivity contribution in [2.45, 2.75) is 25.5 Å². The first-order chi connectivity index (χ1) is 22.4. The zero-order valence-corrected chi connectivity index (χ0v) is 26.0. The number of rotatable bonds is 10. The van der Waals surface area contributed by atoms with Gasteiger partial charge in [-0.05, 0) is 13.8 Å². The normalized spacial score (nSPS) is 16.6. The summed E-state index contributed by atoms with van der Waals surface area (Å²) in [6.07, 6.45) is 0. The fraction of sp³-hybridized carbons (Fsp3) is 0.304. The smallest absolute Gasteiger partial charge is 0.353 e. The number of β-lactam (4-membered cyclic amide) rings is 1. The van der Waals surface area contributed by atoms with Crippen molar-refractivity contribution in [3.63, 3.8) is 0 Å². The van der Waals surface area contributed by atoms with Gasteiger partial charge in [0.1, 0.15) is 23.5 Å². The van der Waals surface area contributed by atoms with Gasteiger partial charge in [0, 0.05) is 11.4 Å². The molecule has 0 saturated carbocycles. The van der Waals surface area contributed by atoms with E-state index in [4.69, 9.17) is 15.8 Å². The lowest BCUT2D eigenvalue weighted by atomic mass is 10.1. The van der Waals surface area contributed by atoms with E-state index in [-0.39, 0.29) is 15.1 Å². The monoisotopic (exact) mass is 709 g/mol. The zero-order valence-electron chi connectivity index (χ0n) is 24.4. The maximum absolute atomic E-state index is 12.9. The molecule has 25 heteroatoms. The number of nitrogens with one attached hydrogen (secondary N) is 4. The number of likely N-dealkylation sites (tertiary alicyclic amines) is 1. The Morgan fingerprint density at radius 3 is 2.52 bits per heavy atom. The predicted molar refractivity (Wildman–Crippen MR) is 157 cm³/mol. The second-order valence-electron chi connectivity index (χ2n) is 10.1. The number of hydrogen-bond donors (Lipinski definition) is 7. The Balaban J connectivity index is 1.36. The third-order valence-electron chi connectivity index (χ3n) is 6.42. The summed E-state index contributed by atoms with van der Waals surface area (Å²) in [5.74, 6) is -5.65. The summed E-state index contributed by atoms with van der Waals surface area (Å²) in [5, 5.41) is 35.4. The molecule has 48 heavy (non-hydrogen) atoms. The average Bonchev–Trinajstić information content (AvgIpc) is 3.60. The molecule has 1 atom stereocenters. The summed E-state index contributed by atoms with van der Waals surface area (Å²) in [6, 6.07) is -2.10. The summed E-state index contributed by atoms with van der Waals surface area (Å²) in [5.41, 5.74) is 2.82. The summed E-state index contributed by atoms with van der Waals surface area (Å²) in [6.45, 7) is 0.769. The van der Waals surface area contributed by atoms with E-state index in [1.54, 1.807) is 0 Å². The minimum Gasteiger partial charge on any atom is -0.502 e. The Kier molecular flexibility index (Phi) is 9.25. The molecule has 2 aromatic heterocycles. The molecule has 0 radical (unpaired) electrons. The number of pyridine rings is 1. The van der Waals surface area contributed by atoms with Gasteiger partial charge in [0.25, 0.3) is 17.7 Å². The number of oxime groups is 1. The number of carboxylic acid groups (broad SMARTS) is 1. The van der Waals surface area contributed by atoms with Crippen LogP contribution in [-0.2, 0) is 29.4 Å². The Labute approximate surface area is 271 Å². The Morgan fingerprint density at radius 2 is 1.94 bits per heavy atom. The van der Waals surface area contributed by atoms with Gasteiger partial charge in [-0.15, -0.1) is 11.3 Å². The van der Waals surface area contributed by atoms with Gasteiger partial charge in [0.05, 0.1) is 19.6 Å². The van der Waals surface area contributed by atoms with Crippen molar-refractivity contribution in [3.05, 3.63) is 38.8 Å². The Hall–Kier alpha value is -6.29. The third kappa shape index (κ3) is 6.92. The molecule has 0 bridgehead atoms. The molecule has 2 aromatic rings. The second-order valence-corrected chi connectivity index (χ2v) is 12.6. The Morgan fingerprint density at radius 1 is 1.25 bits per heavy atom. The van der Waals surface area contributed by atoms with Crippen molar-refractivity contribution in [2.24, 2.45) is 5.16 Å². The molecule has 23 nitrogen and oxygen atoms in total. The first-order valence-electron chi connectivity index (χ1n) is 13.0. The van der Waals surface area contributed by atoms with E-state index in [2.05, 4.69) is 20.4 Å². The first kappa shape index (κ1) is 34.6. The highest BCUT2D eigenvalue weighted by molar-refractivity contribution is 7.88. The van der Waals surface area contributed by atoms with Crippen molar-refractivity contribution in [1.29, 1.82) is 5.26 Å². The lowest BCUT2D eigenvalue weighted by Crippen LogP contribution is -2.68.